The number of carbonyl (C=O) groups excluding carboxylic acids is 1. The van der Waals surface area contributed by atoms with E-state index in [0.29, 0.717) is 16.4 Å². The highest BCUT2D eigenvalue weighted by atomic mass is 35.5. The Hall–Kier alpha value is -3.39. The summed E-state index contributed by atoms with van der Waals surface area (Å²) in [7, 11) is 1.74. The predicted molar refractivity (Wildman–Crippen MR) is 110 cm³/mol. The number of imidazole rings is 1. The van der Waals surface area contributed by atoms with Crippen molar-refractivity contribution >= 4 is 23.2 Å². The highest BCUT2D eigenvalue weighted by Crippen LogP contribution is 2.20. The molecule has 29 heavy (non-hydrogen) atoms. The molecule has 1 aromatic carbocycles. The van der Waals surface area contributed by atoms with Crippen molar-refractivity contribution in [2.75, 3.05) is 0 Å². The minimum atomic E-state index is -0.405. The molecule has 4 aromatic rings. The molecule has 0 bridgehead atoms. The molecule has 3 heterocycles. The second kappa shape index (κ2) is 7.21. The summed E-state index contributed by atoms with van der Waals surface area (Å²) in [6, 6.07) is 5.96. The molecule has 0 aliphatic heterocycles. The Morgan fingerprint density at radius 2 is 2.03 bits per heavy atom. The molecule has 0 aliphatic carbocycles. The van der Waals surface area contributed by atoms with E-state index in [9.17, 15) is 9.59 Å². The summed E-state index contributed by atoms with van der Waals surface area (Å²) < 4.78 is 3.15. The molecular weight excluding hydrogens is 392 g/mol. The first-order chi connectivity index (χ1) is 13.8. The fourth-order valence-electron chi connectivity index (χ4n) is 3.06. The van der Waals surface area contributed by atoms with Crippen molar-refractivity contribution in [3.05, 3.63) is 74.7 Å². The molecule has 148 valence electrons. The van der Waals surface area contributed by atoms with Crippen molar-refractivity contribution in [2.24, 2.45) is 7.05 Å². The number of aromatic amines is 1. The molecule has 1 amide bonds. The van der Waals surface area contributed by atoms with E-state index >= 15 is 0 Å². The zero-order valence-electron chi connectivity index (χ0n) is 16.2. The fourth-order valence-corrected chi connectivity index (χ4v) is 3.30. The Kier molecular flexibility index (Phi) is 4.71. The topological polar surface area (TPSA) is 97.1 Å². The second-order valence-electron chi connectivity index (χ2n) is 6.90. The van der Waals surface area contributed by atoms with Crippen LogP contribution in [0.1, 0.15) is 27.3 Å². The first-order valence-electron chi connectivity index (χ1n) is 8.97. The lowest BCUT2D eigenvalue weighted by atomic mass is 10.0. The number of H-pyrrole nitrogens is 1. The van der Waals surface area contributed by atoms with E-state index in [1.54, 1.807) is 22.3 Å². The third kappa shape index (κ3) is 3.54. The van der Waals surface area contributed by atoms with Gasteiger partial charge in [0.2, 0.25) is 5.65 Å². The van der Waals surface area contributed by atoms with Crippen LogP contribution < -0.4 is 10.9 Å². The van der Waals surface area contributed by atoms with Crippen molar-refractivity contribution in [3.63, 3.8) is 0 Å². The predicted octanol–water partition coefficient (Wildman–Crippen LogP) is 2.62. The Bertz CT molecular complexity index is 1280. The number of carbonyl (C=O) groups is 1. The van der Waals surface area contributed by atoms with Gasteiger partial charge in [-0.25, -0.2) is 4.98 Å². The number of amides is 1. The maximum absolute atomic E-state index is 12.5. The molecule has 0 atom stereocenters. The Morgan fingerprint density at radius 1 is 1.24 bits per heavy atom. The average Bonchev–Trinajstić information content (AvgIpc) is 3.26. The van der Waals surface area contributed by atoms with Crippen molar-refractivity contribution in [2.45, 2.75) is 20.4 Å². The van der Waals surface area contributed by atoms with Crippen LogP contribution in [0.15, 0.2) is 41.6 Å². The molecule has 0 radical (unpaired) electrons. The number of hydrogen-bond acceptors (Lipinski definition) is 4. The molecule has 9 heteroatoms. The van der Waals surface area contributed by atoms with E-state index in [-0.39, 0.29) is 23.4 Å². The zero-order chi connectivity index (χ0) is 20.7. The largest absolute Gasteiger partial charge is 0.345 e. The number of aryl methyl sites for hydroxylation is 3. The lowest BCUT2D eigenvalue weighted by Gasteiger charge is -2.06. The van der Waals surface area contributed by atoms with Crippen LogP contribution in [0.25, 0.3) is 16.9 Å². The van der Waals surface area contributed by atoms with Crippen LogP contribution in [0.4, 0.5) is 0 Å². The van der Waals surface area contributed by atoms with E-state index < -0.39 is 5.91 Å². The SMILES string of the molecule is Cc1ccc(-c2cn3cc(C(=O)NCc4c(Cl)cnn4C)nc3c(=O)[nH]2)cc1C. The number of benzene rings is 1. The number of aromatic nitrogens is 5. The summed E-state index contributed by atoms with van der Waals surface area (Å²) in [6.07, 6.45) is 4.81. The zero-order valence-corrected chi connectivity index (χ0v) is 16.9. The highest BCUT2D eigenvalue weighted by Gasteiger charge is 2.15. The first kappa shape index (κ1) is 18.9. The number of fused-ring (bicyclic) bond motifs is 1. The van der Waals surface area contributed by atoms with Gasteiger partial charge < -0.3 is 10.3 Å². The van der Waals surface area contributed by atoms with Gasteiger partial charge in [0, 0.05) is 19.4 Å². The van der Waals surface area contributed by atoms with E-state index in [1.807, 2.05) is 32.0 Å². The standard InChI is InChI=1S/C20H19ClN6O2/c1-11-4-5-13(6-12(11)2)15-9-27-10-16(24-18(27)20(29)25-15)19(28)22-8-17-14(21)7-23-26(17)3/h4-7,9-10H,8H2,1-3H3,(H,22,28)(H,25,29). The van der Waals surface area contributed by atoms with E-state index in [1.165, 1.54) is 18.0 Å². The maximum Gasteiger partial charge on any atom is 0.292 e. The summed E-state index contributed by atoms with van der Waals surface area (Å²) in [5, 5.41) is 7.25. The molecular formula is C20H19ClN6O2. The first-order valence-corrected chi connectivity index (χ1v) is 9.35. The van der Waals surface area contributed by atoms with Crippen LogP contribution in [0.5, 0.6) is 0 Å². The lowest BCUT2D eigenvalue weighted by Crippen LogP contribution is -2.24. The quantitative estimate of drug-likeness (QED) is 0.540. The van der Waals surface area contributed by atoms with Gasteiger partial charge in [0.15, 0.2) is 0 Å². The van der Waals surface area contributed by atoms with Gasteiger partial charge in [-0.05, 0) is 36.6 Å². The van der Waals surface area contributed by atoms with Crippen molar-refractivity contribution < 1.29 is 4.79 Å². The highest BCUT2D eigenvalue weighted by molar-refractivity contribution is 6.31. The average molecular weight is 411 g/mol. The van der Waals surface area contributed by atoms with Crippen LogP contribution in [0, 0.1) is 13.8 Å². The molecule has 0 saturated carbocycles. The van der Waals surface area contributed by atoms with Gasteiger partial charge in [0.1, 0.15) is 5.69 Å². The summed E-state index contributed by atoms with van der Waals surface area (Å²) in [5.41, 5.74) is 4.45. The van der Waals surface area contributed by atoms with Gasteiger partial charge >= 0.3 is 0 Å². The molecule has 0 spiro atoms. The lowest BCUT2D eigenvalue weighted by molar-refractivity contribution is 0.0945. The molecule has 0 unspecified atom stereocenters. The monoisotopic (exact) mass is 410 g/mol. The van der Waals surface area contributed by atoms with Crippen LogP contribution in [0.2, 0.25) is 5.02 Å². The smallest absolute Gasteiger partial charge is 0.292 e. The molecule has 3 aromatic heterocycles. The van der Waals surface area contributed by atoms with E-state index in [0.717, 1.165) is 11.1 Å². The van der Waals surface area contributed by atoms with Gasteiger partial charge in [-0.1, -0.05) is 23.7 Å². The molecule has 2 N–H and O–H groups in total. The van der Waals surface area contributed by atoms with E-state index in [4.69, 9.17) is 11.6 Å². The normalized spacial score (nSPS) is 11.2. The molecule has 0 aliphatic rings. The second-order valence-corrected chi connectivity index (χ2v) is 7.31. The molecule has 0 saturated heterocycles. The number of nitrogens with zero attached hydrogens (tertiary/aromatic N) is 4. The molecule has 0 fully saturated rings. The van der Waals surface area contributed by atoms with E-state index in [2.05, 4.69) is 20.4 Å². The number of nitrogens with one attached hydrogen (secondary N) is 2. The number of rotatable bonds is 4. The third-order valence-corrected chi connectivity index (χ3v) is 5.25. The van der Waals surface area contributed by atoms with Crippen LogP contribution in [-0.2, 0) is 13.6 Å². The minimum Gasteiger partial charge on any atom is -0.345 e. The van der Waals surface area contributed by atoms with Crippen LogP contribution in [0.3, 0.4) is 0 Å². The minimum absolute atomic E-state index is 0.144. The van der Waals surface area contributed by atoms with Gasteiger partial charge in [-0.3, -0.25) is 18.7 Å². The van der Waals surface area contributed by atoms with Gasteiger partial charge in [-0.2, -0.15) is 5.10 Å². The maximum atomic E-state index is 12.5. The van der Waals surface area contributed by atoms with Gasteiger partial charge in [-0.15, -0.1) is 0 Å². The Morgan fingerprint density at radius 3 is 2.72 bits per heavy atom. The number of hydrogen-bond donors (Lipinski definition) is 2. The van der Waals surface area contributed by atoms with Crippen molar-refractivity contribution in [3.8, 4) is 11.3 Å². The summed E-state index contributed by atoms with van der Waals surface area (Å²) in [5.74, 6) is -0.405. The van der Waals surface area contributed by atoms with Crippen molar-refractivity contribution in [1.82, 2.24) is 29.5 Å². The van der Waals surface area contributed by atoms with Gasteiger partial charge in [0.25, 0.3) is 11.5 Å². The summed E-state index contributed by atoms with van der Waals surface area (Å²) >= 11 is 6.06. The van der Waals surface area contributed by atoms with Crippen LogP contribution in [-0.4, -0.2) is 30.1 Å². The number of halogens is 1. The Balaban J connectivity index is 1.63. The summed E-state index contributed by atoms with van der Waals surface area (Å²) in [4.78, 5) is 32.0. The molecule has 8 nitrogen and oxygen atoms in total. The third-order valence-electron chi connectivity index (χ3n) is 4.93. The van der Waals surface area contributed by atoms with Crippen molar-refractivity contribution in [1.29, 1.82) is 0 Å². The summed E-state index contributed by atoms with van der Waals surface area (Å²) in [6.45, 7) is 4.25. The Labute approximate surface area is 171 Å². The van der Waals surface area contributed by atoms with Gasteiger partial charge in [0.05, 0.1) is 29.2 Å². The fraction of sp³-hybridized carbons (Fsp3) is 0.200. The van der Waals surface area contributed by atoms with Crippen LogP contribution >= 0.6 is 11.6 Å². The molecule has 4 rings (SSSR count).